The van der Waals surface area contributed by atoms with Crippen LogP contribution in [-0.2, 0) is 19.6 Å². The van der Waals surface area contributed by atoms with Crippen LogP contribution >= 0.6 is 27.7 Å². The van der Waals surface area contributed by atoms with Crippen LogP contribution in [0.1, 0.15) is 29.6 Å². The zero-order valence-corrected chi connectivity index (χ0v) is 19.5. The number of carbonyl (C=O) groups excluding carboxylic acids is 2. The van der Waals surface area contributed by atoms with Crippen molar-refractivity contribution in [1.82, 2.24) is 13.1 Å². The van der Waals surface area contributed by atoms with E-state index in [9.17, 15) is 18.0 Å². The van der Waals surface area contributed by atoms with E-state index in [0.717, 1.165) is 16.0 Å². The van der Waals surface area contributed by atoms with Gasteiger partial charge in [-0.3, -0.25) is 9.59 Å². The van der Waals surface area contributed by atoms with Crippen LogP contribution in [0.2, 0.25) is 0 Å². The number of rotatable bonds is 6. The quantitative estimate of drug-likeness (QED) is 0.359. The molecule has 1 aliphatic heterocycles. The van der Waals surface area contributed by atoms with Crippen LogP contribution in [0, 0.1) is 0 Å². The zero-order valence-electron chi connectivity index (χ0n) is 16.2. The summed E-state index contributed by atoms with van der Waals surface area (Å²) >= 11 is 4.23. The molecular formula is C20H18BrN3O5S2. The smallest absolute Gasteiger partial charge is 0.324 e. The van der Waals surface area contributed by atoms with E-state index in [-0.39, 0.29) is 22.7 Å². The molecule has 1 fully saturated rings. The summed E-state index contributed by atoms with van der Waals surface area (Å²) in [5.74, 6) is -1.10. The molecule has 0 bridgehead atoms. The summed E-state index contributed by atoms with van der Waals surface area (Å²) in [7, 11) is -4.01. The lowest BCUT2D eigenvalue weighted by Gasteiger charge is -2.32. The van der Waals surface area contributed by atoms with Gasteiger partial charge in [0.2, 0.25) is 15.8 Å². The molecule has 1 aromatic heterocycles. The number of ether oxygens (including phenoxy) is 1. The van der Waals surface area contributed by atoms with Crippen molar-refractivity contribution in [3.05, 3.63) is 52.5 Å². The molecule has 0 amide bonds. The maximum atomic E-state index is 13.4. The Kier molecular flexibility index (Phi) is 6.47. The van der Waals surface area contributed by atoms with E-state index in [2.05, 4.69) is 24.7 Å². The number of ketones is 1. The summed E-state index contributed by atoms with van der Waals surface area (Å²) in [4.78, 5) is 25.2. The van der Waals surface area contributed by atoms with Crippen LogP contribution in [0.5, 0.6) is 0 Å². The van der Waals surface area contributed by atoms with Crippen molar-refractivity contribution in [3.63, 3.8) is 0 Å². The predicted octanol–water partition coefficient (Wildman–Crippen LogP) is 3.42. The van der Waals surface area contributed by atoms with Gasteiger partial charge in [0.25, 0.3) is 0 Å². The summed E-state index contributed by atoms with van der Waals surface area (Å²) in [6, 6.07) is 10.6. The number of halogens is 1. The molecule has 0 aliphatic carbocycles. The van der Waals surface area contributed by atoms with Crippen molar-refractivity contribution < 1.29 is 22.7 Å². The molecule has 0 radical (unpaired) electrons. The molecule has 11 heteroatoms. The van der Waals surface area contributed by atoms with Crippen molar-refractivity contribution >= 4 is 60.5 Å². The van der Waals surface area contributed by atoms with Crippen LogP contribution in [-0.4, -0.2) is 52.4 Å². The number of nitrogens with zero attached hydrogens (tertiary/aromatic N) is 3. The molecule has 31 heavy (non-hydrogen) atoms. The highest BCUT2D eigenvalue weighted by Gasteiger charge is 2.39. The molecule has 0 spiro atoms. The highest BCUT2D eigenvalue weighted by molar-refractivity contribution is 9.10. The number of benzene rings is 2. The molecular weight excluding hydrogens is 506 g/mol. The first-order valence-electron chi connectivity index (χ1n) is 9.57. The van der Waals surface area contributed by atoms with Gasteiger partial charge in [0.1, 0.15) is 22.0 Å². The van der Waals surface area contributed by atoms with Gasteiger partial charge in [-0.2, -0.15) is 13.1 Å². The van der Waals surface area contributed by atoms with E-state index in [4.69, 9.17) is 4.74 Å². The molecule has 8 nitrogen and oxygen atoms in total. The van der Waals surface area contributed by atoms with Crippen LogP contribution < -0.4 is 0 Å². The largest absolute Gasteiger partial charge is 0.456 e. The summed E-state index contributed by atoms with van der Waals surface area (Å²) in [6.07, 6.45) is 1.64. The fourth-order valence-electron chi connectivity index (χ4n) is 3.54. The van der Waals surface area contributed by atoms with E-state index in [1.165, 1.54) is 6.07 Å². The van der Waals surface area contributed by atoms with Gasteiger partial charge in [0.15, 0.2) is 6.61 Å². The zero-order chi connectivity index (χ0) is 22.0. The van der Waals surface area contributed by atoms with E-state index in [0.29, 0.717) is 34.8 Å². The average Bonchev–Trinajstić information content (AvgIpc) is 3.26. The minimum absolute atomic E-state index is 0.0164. The lowest BCUT2D eigenvalue weighted by Crippen LogP contribution is -2.48. The fraction of sp³-hybridized carbons (Fsp3) is 0.300. The third kappa shape index (κ3) is 4.40. The normalized spacial score (nSPS) is 17.5. The van der Waals surface area contributed by atoms with E-state index < -0.39 is 28.6 Å². The van der Waals surface area contributed by atoms with Gasteiger partial charge in [-0.15, -0.1) is 0 Å². The lowest BCUT2D eigenvalue weighted by molar-refractivity contribution is -0.148. The number of hydrogen-bond acceptors (Lipinski definition) is 8. The first kappa shape index (κ1) is 22.0. The van der Waals surface area contributed by atoms with Gasteiger partial charge >= 0.3 is 5.97 Å². The minimum Gasteiger partial charge on any atom is -0.456 e. The molecule has 1 aliphatic rings. The third-order valence-corrected chi connectivity index (χ3v) is 8.26. The first-order chi connectivity index (χ1) is 14.9. The summed E-state index contributed by atoms with van der Waals surface area (Å²) in [5.41, 5.74) is 1.17. The Labute approximate surface area is 191 Å². The van der Waals surface area contributed by atoms with Gasteiger partial charge in [-0.25, -0.2) is 8.42 Å². The standard InChI is InChI=1S/C20H18BrN3O5S2/c21-14-7-2-1-6-13(14)17(25)12-29-20(26)16-9-3-4-11-24(16)31(27,28)18-10-5-8-15-19(18)23-30-22-15/h1-2,5-8,10,16H,3-4,9,11-12H2/t16-/m0/s1. The number of hydrogen-bond donors (Lipinski definition) is 0. The number of carbonyl (C=O) groups is 2. The van der Waals surface area contributed by atoms with Gasteiger partial charge in [-0.1, -0.05) is 40.2 Å². The van der Waals surface area contributed by atoms with Gasteiger partial charge in [-0.05, 0) is 37.5 Å². The first-order valence-corrected chi connectivity index (χ1v) is 12.5. The van der Waals surface area contributed by atoms with Crippen molar-refractivity contribution in [1.29, 1.82) is 0 Å². The second-order valence-electron chi connectivity index (χ2n) is 7.03. The van der Waals surface area contributed by atoms with E-state index in [1.807, 2.05) is 0 Å². The molecule has 4 rings (SSSR count). The molecule has 1 atom stereocenters. The minimum atomic E-state index is -4.01. The summed E-state index contributed by atoms with van der Waals surface area (Å²) in [6.45, 7) is -0.272. The Morgan fingerprint density at radius 3 is 2.74 bits per heavy atom. The number of esters is 1. The second kappa shape index (κ2) is 9.11. The van der Waals surface area contributed by atoms with Gasteiger partial charge in [0, 0.05) is 16.6 Å². The molecule has 0 saturated carbocycles. The Hall–Kier alpha value is -2.21. The predicted molar refractivity (Wildman–Crippen MR) is 118 cm³/mol. The maximum absolute atomic E-state index is 13.4. The van der Waals surface area contributed by atoms with E-state index in [1.54, 1.807) is 36.4 Å². The SMILES string of the molecule is O=C(COC(=O)[C@@H]1CCCCN1S(=O)(=O)c1cccc2nsnc12)c1ccccc1Br. The lowest BCUT2D eigenvalue weighted by atomic mass is 10.1. The average molecular weight is 524 g/mol. The Bertz CT molecular complexity index is 1240. The number of aromatic nitrogens is 2. The van der Waals surface area contributed by atoms with Crippen LogP contribution in [0.25, 0.3) is 11.0 Å². The molecule has 3 aromatic rings. The monoisotopic (exact) mass is 523 g/mol. The number of piperidine rings is 1. The van der Waals surface area contributed by atoms with Crippen molar-refractivity contribution in [3.8, 4) is 0 Å². The van der Waals surface area contributed by atoms with Crippen LogP contribution in [0.3, 0.4) is 0 Å². The molecule has 2 heterocycles. The molecule has 0 N–H and O–H groups in total. The van der Waals surface area contributed by atoms with Crippen molar-refractivity contribution in [2.75, 3.05) is 13.2 Å². The summed E-state index contributed by atoms with van der Waals surface area (Å²) in [5, 5.41) is 0. The molecule has 0 unspecified atom stereocenters. The highest BCUT2D eigenvalue weighted by atomic mass is 79.9. The van der Waals surface area contributed by atoms with Crippen molar-refractivity contribution in [2.45, 2.75) is 30.2 Å². The number of Topliss-reactive ketones (excluding diaryl/α,β-unsaturated/α-hetero) is 1. The van der Waals surface area contributed by atoms with Gasteiger partial charge in [0.05, 0.1) is 11.7 Å². The second-order valence-corrected chi connectivity index (χ2v) is 10.3. The fourth-order valence-corrected chi connectivity index (χ4v) is 6.45. The number of sulfonamides is 1. The van der Waals surface area contributed by atoms with Crippen molar-refractivity contribution in [2.24, 2.45) is 0 Å². The maximum Gasteiger partial charge on any atom is 0.324 e. The summed E-state index contributed by atoms with van der Waals surface area (Å²) < 4.78 is 42.0. The molecule has 1 saturated heterocycles. The van der Waals surface area contributed by atoms with E-state index >= 15 is 0 Å². The topological polar surface area (TPSA) is 107 Å². The van der Waals surface area contributed by atoms with Gasteiger partial charge < -0.3 is 4.74 Å². The Balaban J connectivity index is 1.54. The van der Waals surface area contributed by atoms with Crippen LogP contribution in [0.4, 0.5) is 0 Å². The Morgan fingerprint density at radius 1 is 1.13 bits per heavy atom. The third-order valence-electron chi connectivity index (χ3n) is 5.08. The Morgan fingerprint density at radius 2 is 1.94 bits per heavy atom. The molecule has 162 valence electrons. The molecule has 2 aromatic carbocycles. The highest BCUT2D eigenvalue weighted by Crippen LogP contribution is 2.30. The number of fused-ring (bicyclic) bond motifs is 1. The van der Waals surface area contributed by atoms with Crippen LogP contribution in [0.15, 0.2) is 51.8 Å².